The number of sulfonamides is 1. The average Bonchev–Trinajstić information content (AvgIpc) is 2.67. The molecule has 0 bridgehead atoms. The first-order chi connectivity index (χ1) is 13.3. The van der Waals surface area contributed by atoms with Gasteiger partial charge in [-0.2, -0.15) is 9.41 Å². The molecule has 8 heteroatoms. The van der Waals surface area contributed by atoms with Gasteiger partial charge < -0.3 is 4.74 Å². The summed E-state index contributed by atoms with van der Waals surface area (Å²) in [5, 5.41) is 3.87. The smallest absolute Gasteiger partial charge is 0.255 e. The zero-order valence-corrected chi connectivity index (χ0v) is 17.1. The van der Waals surface area contributed by atoms with Crippen LogP contribution in [-0.4, -0.2) is 45.0 Å². The second-order valence-corrected chi connectivity index (χ2v) is 8.33. The van der Waals surface area contributed by atoms with E-state index in [0.717, 1.165) is 27.6 Å². The molecule has 0 radical (unpaired) electrons. The maximum atomic E-state index is 12.5. The molecule has 0 unspecified atom stereocenters. The first kappa shape index (κ1) is 21.6. The van der Waals surface area contributed by atoms with Crippen molar-refractivity contribution in [3.8, 4) is 5.75 Å². The van der Waals surface area contributed by atoms with Gasteiger partial charge in [0.15, 0.2) is 0 Å². The predicted molar refractivity (Wildman–Crippen MR) is 109 cm³/mol. The quantitative estimate of drug-likeness (QED) is 0.515. The number of likely N-dealkylation sites (N-methyl/N-ethyl adjacent to an activating group) is 1. The minimum Gasteiger partial charge on any atom is -0.494 e. The standard InChI is InChI=1S/C20H25N3O4S/c1-4-13-27-18-9-7-17(8-10-18)14-21-22-20(24)15-23(3)28(25,26)19-11-5-16(2)6-12-19/h5-12,14H,4,13,15H2,1-3H3,(H,22,24)/b21-14-. The molecule has 28 heavy (non-hydrogen) atoms. The summed E-state index contributed by atoms with van der Waals surface area (Å²) >= 11 is 0. The molecule has 0 aromatic heterocycles. The number of hydrogen-bond donors (Lipinski definition) is 1. The van der Waals surface area contributed by atoms with E-state index in [2.05, 4.69) is 10.5 Å². The summed E-state index contributed by atoms with van der Waals surface area (Å²) in [6.45, 7) is 4.23. The van der Waals surface area contributed by atoms with Gasteiger partial charge in [-0.1, -0.05) is 24.6 Å². The van der Waals surface area contributed by atoms with Gasteiger partial charge >= 0.3 is 0 Å². The van der Waals surface area contributed by atoms with Crippen molar-refractivity contribution in [3.63, 3.8) is 0 Å². The molecular formula is C20H25N3O4S. The normalized spacial score (nSPS) is 11.7. The molecule has 0 spiro atoms. The van der Waals surface area contributed by atoms with Gasteiger partial charge in [0.05, 0.1) is 24.3 Å². The maximum absolute atomic E-state index is 12.5. The Balaban J connectivity index is 1.89. The minimum atomic E-state index is -3.73. The van der Waals surface area contributed by atoms with Crippen LogP contribution in [0.15, 0.2) is 58.5 Å². The third-order valence-corrected chi connectivity index (χ3v) is 5.67. The van der Waals surface area contributed by atoms with Crippen LogP contribution in [0.3, 0.4) is 0 Å². The average molecular weight is 404 g/mol. The van der Waals surface area contributed by atoms with Gasteiger partial charge in [0.2, 0.25) is 10.0 Å². The second-order valence-electron chi connectivity index (χ2n) is 6.28. The lowest BCUT2D eigenvalue weighted by molar-refractivity contribution is -0.121. The number of nitrogens with zero attached hydrogens (tertiary/aromatic N) is 2. The Morgan fingerprint density at radius 2 is 1.79 bits per heavy atom. The summed E-state index contributed by atoms with van der Waals surface area (Å²) in [4.78, 5) is 12.1. The van der Waals surface area contributed by atoms with Gasteiger partial charge in [-0.25, -0.2) is 13.8 Å². The fourth-order valence-electron chi connectivity index (χ4n) is 2.26. The number of amides is 1. The van der Waals surface area contributed by atoms with Gasteiger partial charge in [0.25, 0.3) is 5.91 Å². The number of nitrogens with one attached hydrogen (secondary N) is 1. The zero-order valence-electron chi connectivity index (χ0n) is 16.3. The predicted octanol–water partition coefficient (Wildman–Crippen LogP) is 2.55. The first-order valence-electron chi connectivity index (χ1n) is 8.90. The number of hydrazone groups is 1. The van der Waals surface area contributed by atoms with Gasteiger partial charge in [-0.3, -0.25) is 4.79 Å². The lowest BCUT2D eigenvalue weighted by atomic mass is 10.2. The Kier molecular flexibility index (Phi) is 7.71. The third kappa shape index (κ3) is 6.17. The van der Waals surface area contributed by atoms with E-state index in [1.807, 2.05) is 38.1 Å². The van der Waals surface area contributed by atoms with Crippen LogP contribution in [0.25, 0.3) is 0 Å². The largest absolute Gasteiger partial charge is 0.494 e. The highest BCUT2D eigenvalue weighted by Crippen LogP contribution is 2.14. The van der Waals surface area contributed by atoms with Crippen LogP contribution in [0, 0.1) is 6.92 Å². The highest BCUT2D eigenvalue weighted by atomic mass is 32.2. The van der Waals surface area contributed by atoms with Crippen molar-refractivity contribution in [1.82, 2.24) is 9.73 Å². The summed E-state index contributed by atoms with van der Waals surface area (Å²) in [5.41, 5.74) is 4.08. The molecule has 7 nitrogen and oxygen atoms in total. The van der Waals surface area contributed by atoms with Crippen LogP contribution in [0.4, 0.5) is 0 Å². The van der Waals surface area contributed by atoms with E-state index in [4.69, 9.17) is 4.74 Å². The molecule has 0 saturated heterocycles. The molecule has 0 fully saturated rings. The van der Waals surface area contributed by atoms with Crippen LogP contribution in [0.2, 0.25) is 0 Å². The summed E-state index contributed by atoms with van der Waals surface area (Å²) in [6, 6.07) is 13.7. The molecule has 2 aromatic rings. The lowest BCUT2D eigenvalue weighted by Gasteiger charge is -2.16. The third-order valence-electron chi connectivity index (χ3n) is 3.85. The zero-order chi connectivity index (χ0) is 20.6. The van der Waals surface area contributed by atoms with E-state index >= 15 is 0 Å². The Hall–Kier alpha value is -2.71. The molecule has 0 atom stereocenters. The molecule has 150 valence electrons. The molecule has 1 amide bonds. The van der Waals surface area contributed by atoms with E-state index < -0.39 is 15.9 Å². The van der Waals surface area contributed by atoms with Crippen molar-refractivity contribution in [1.29, 1.82) is 0 Å². The van der Waals surface area contributed by atoms with Crippen molar-refractivity contribution in [3.05, 3.63) is 59.7 Å². The Bertz CT molecular complexity index is 907. The molecule has 1 N–H and O–H groups in total. The van der Waals surface area contributed by atoms with E-state index in [0.29, 0.717) is 6.61 Å². The Morgan fingerprint density at radius 1 is 1.14 bits per heavy atom. The lowest BCUT2D eigenvalue weighted by Crippen LogP contribution is -2.36. The molecule has 0 heterocycles. The molecule has 2 rings (SSSR count). The first-order valence-corrected chi connectivity index (χ1v) is 10.3. The number of benzene rings is 2. The fourth-order valence-corrected chi connectivity index (χ4v) is 3.39. The molecule has 0 aliphatic rings. The number of rotatable bonds is 9. The second kappa shape index (κ2) is 10.0. The topological polar surface area (TPSA) is 88.1 Å². The molecular weight excluding hydrogens is 378 g/mol. The summed E-state index contributed by atoms with van der Waals surface area (Å²) < 4.78 is 31.4. The number of hydrogen-bond acceptors (Lipinski definition) is 5. The molecule has 0 saturated carbocycles. The van der Waals surface area contributed by atoms with Crippen molar-refractivity contribution in [2.75, 3.05) is 20.2 Å². The number of ether oxygens (including phenoxy) is 1. The van der Waals surface area contributed by atoms with E-state index in [1.165, 1.54) is 25.4 Å². The van der Waals surface area contributed by atoms with Crippen LogP contribution in [-0.2, 0) is 14.8 Å². The molecule has 0 aliphatic carbocycles. The number of aryl methyl sites for hydroxylation is 1. The summed E-state index contributed by atoms with van der Waals surface area (Å²) in [6.07, 6.45) is 2.42. The highest BCUT2D eigenvalue weighted by molar-refractivity contribution is 7.89. The van der Waals surface area contributed by atoms with E-state index in [9.17, 15) is 13.2 Å². The number of carbonyl (C=O) groups is 1. The molecule has 0 aliphatic heterocycles. The van der Waals surface area contributed by atoms with Gasteiger partial charge in [-0.15, -0.1) is 0 Å². The van der Waals surface area contributed by atoms with Gasteiger partial charge in [-0.05, 0) is 55.3 Å². The van der Waals surface area contributed by atoms with Gasteiger partial charge in [0, 0.05) is 7.05 Å². The van der Waals surface area contributed by atoms with Crippen LogP contribution in [0.5, 0.6) is 5.75 Å². The maximum Gasteiger partial charge on any atom is 0.255 e. The number of carbonyl (C=O) groups excluding carboxylic acids is 1. The van der Waals surface area contributed by atoms with Crippen molar-refractivity contribution in [2.45, 2.75) is 25.2 Å². The van der Waals surface area contributed by atoms with E-state index in [1.54, 1.807) is 12.1 Å². The summed E-state index contributed by atoms with van der Waals surface area (Å²) in [5.74, 6) is 0.239. The van der Waals surface area contributed by atoms with Crippen molar-refractivity contribution in [2.24, 2.45) is 5.10 Å². The van der Waals surface area contributed by atoms with Gasteiger partial charge in [0.1, 0.15) is 5.75 Å². The van der Waals surface area contributed by atoms with Crippen LogP contribution < -0.4 is 10.2 Å². The monoisotopic (exact) mass is 403 g/mol. The Morgan fingerprint density at radius 3 is 2.39 bits per heavy atom. The highest BCUT2D eigenvalue weighted by Gasteiger charge is 2.22. The van der Waals surface area contributed by atoms with Crippen LogP contribution >= 0.6 is 0 Å². The fraction of sp³-hybridized carbons (Fsp3) is 0.300. The van der Waals surface area contributed by atoms with Crippen molar-refractivity contribution < 1.29 is 17.9 Å². The molecule has 2 aromatic carbocycles. The Labute approximate surface area is 166 Å². The van der Waals surface area contributed by atoms with E-state index in [-0.39, 0.29) is 11.4 Å². The summed E-state index contributed by atoms with van der Waals surface area (Å²) in [7, 11) is -2.38. The van der Waals surface area contributed by atoms with Crippen molar-refractivity contribution >= 4 is 22.1 Å². The SMILES string of the molecule is CCCOc1ccc(/C=N\NC(=O)CN(C)S(=O)(=O)c2ccc(C)cc2)cc1. The van der Waals surface area contributed by atoms with Crippen LogP contribution in [0.1, 0.15) is 24.5 Å². The minimum absolute atomic E-state index is 0.141.